The summed E-state index contributed by atoms with van der Waals surface area (Å²) in [4.78, 5) is 27.8. The van der Waals surface area contributed by atoms with Crippen LogP contribution < -0.4 is 0 Å². The smallest absolute Gasteiger partial charge is 0.319 e. The first-order valence-electron chi connectivity index (χ1n) is 4.50. The molecule has 0 aromatic heterocycles. The number of rotatable bonds is 6. The Morgan fingerprint density at radius 1 is 1.31 bits per heavy atom. The minimum Gasteiger partial charge on any atom is -0.319 e. The van der Waals surface area contributed by atoms with E-state index < -0.39 is 13.1 Å². The molecule has 5 heteroatoms. The molecule has 0 saturated heterocycles. The molecule has 0 rings (SSSR count). The van der Waals surface area contributed by atoms with Gasteiger partial charge in [-0.3, -0.25) is 9.36 Å². The zero-order valence-electron chi connectivity index (χ0n) is 8.06. The lowest BCUT2D eigenvalue weighted by Gasteiger charge is -2.10. The van der Waals surface area contributed by atoms with Crippen molar-refractivity contribution in [3.8, 4) is 0 Å². The zero-order valence-corrected chi connectivity index (χ0v) is 8.96. The van der Waals surface area contributed by atoms with Gasteiger partial charge in [0.2, 0.25) is 5.52 Å². The van der Waals surface area contributed by atoms with Crippen LogP contribution in [0.25, 0.3) is 0 Å². The largest absolute Gasteiger partial charge is 0.391 e. The fourth-order valence-corrected chi connectivity index (χ4v) is 1.59. The Kier molecular flexibility index (Phi) is 5.45. The lowest BCUT2D eigenvalue weighted by atomic mass is 9.98. The molecule has 13 heavy (non-hydrogen) atoms. The Hall–Kier alpha value is -0.180. The molecule has 0 aliphatic rings. The number of carbonyl (C=O) groups excluding carboxylic acids is 1. The van der Waals surface area contributed by atoms with Crippen molar-refractivity contribution in [2.24, 2.45) is 5.92 Å². The molecule has 0 bridgehead atoms. The Bertz CT molecular complexity index is 204. The van der Waals surface area contributed by atoms with Gasteiger partial charge in [0.15, 0.2) is 0 Å². The molecule has 0 aromatic rings. The molecule has 0 fully saturated rings. The van der Waals surface area contributed by atoms with Gasteiger partial charge in [-0.1, -0.05) is 26.7 Å². The predicted molar refractivity (Wildman–Crippen MR) is 50.4 cm³/mol. The third kappa shape index (κ3) is 5.19. The summed E-state index contributed by atoms with van der Waals surface area (Å²) < 4.78 is 10.5. The second-order valence-corrected chi connectivity index (χ2v) is 4.75. The van der Waals surface area contributed by atoms with Crippen molar-refractivity contribution in [2.75, 3.05) is 0 Å². The van der Waals surface area contributed by atoms with Gasteiger partial charge in [-0.15, -0.1) is 0 Å². The summed E-state index contributed by atoms with van der Waals surface area (Å²) in [5.41, 5.74) is -0.931. The van der Waals surface area contributed by atoms with E-state index in [1.54, 1.807) is 0 Å². The normalized spacial score (nSPS) is 12.1. The predicted octanol–water partition coefficient (Wildman–Crippen LogP) is 1.91. The minimum atomic E-state index is -4.47. The van der Waals surface area contributed by atoms with Crippen molar-refractivity contribution in [2.45, 2.75) is 39.5 Å². The van der Waals surface area contributed by atoms with Crippen molar-refractivity contribution in [3.63, 3.8) is 0 Å². The van der Waals surface area contributed by atoms with Crippen LogP contribution in [0.4, 0.5) is 0 Å². The van der Waals surface area contributed by atoms with Gasteiger partial charge in [0.25, 0.3) is 0 Å². The SMILES string of the molecule is CCC(CC)CCC(=O)P(=O)(O)O. The van der Waals surface area contributed by atoms with Gasteiger partial charge in [0.1, 0.15) is 0 Å². The number of hydrogen-bond donors (Lipinski definition) is 2. The van der Waals surface area contributed by atoms with E-state index in [4.69, 9.17) is 9.79 Å². The van der Waals surface area contributed by atoms with Crippen molar-refractivity contribution in [1.82, 2.24) is 0 Å². The summed E-state index contributed by atoms with van der Waals surface area (Å²) in [5.74, 6) is 0.399. The molecule has 0 unspecified atom stereocenters. The maximum Gasteiger partial charge on any atom is 0.391 e. The van der Waals surface area contributed by atoms with Gasteiger partial charge < -0.3 is 9.79 Å². The molecule has 0 radical (unpaired) electrons. The molecule has 0 amide bonds. The van der Waals surface area contributed by atoms with E-state index in [0.29, 0.717) is 12.3 Å². The highest BCUT2D eigenvalue weighted by molar-refractivity contribution is 7.70. The summed E-state index contributed by atoms with van der Waals surface area (Å²) in [7, 11) is -4.47. The highest BCUT2D eigenvalue weighted by Crippen LogP contribution is 2.38. The molecular formula is C8H17O4P. The molecule has 0 aliphatic heterocycles. The summed E-state index contributed by atoms with van der Waals surface area (Å²) in [6.07, 6.45) is 2.48. The van der Waals surface area contributed by atoms with Crippen molar-refractivity contribution < 1.29 is 19.1 Å². The van der Waals surface area contributed by atoms with Crippen molar-refractivity contribution in [3.05, 3.63) is 0 Å². The third-order valence-corrected chi connectivity index (χ3v) is 3.12. The van der Waals surface area contributed by atoms with E-state index in [-0.39, 0.29) is 6.42 Å². The van der Waals surface area contributed by atoms with Crippen LogP contribution in [0.2, 0.25) is 0 Å². The molecule has 0 aromatic carbocycles. The van der Waals surface area contributed by atoms with Crippen molar-refractivity contribution >= 4 is 13.1 Å². The highest BCUT2D eigenvalue weighted by Gasteiger charge is 2.25. The standard InChI is InChI=1S/C8H17O4P/c1-3-7(4-2)5-6-8(9)13(10,11)12/h7H,3-6H2,1-2H3,(H2,10,11,12). The van der Waals surface area contributed by atoms with Gasteiger partial charge in [-0.05, 0) is 12.3 Å². The average molecular weight is 208 g/mol. The van der Waals surface area contributed by atoms with Crippen LogP contribution in [0, 0.1) is 5.92 Å². The van der Waals surface area contributed by atoms with Gasteiger partial charge in [-0.25, -0.2) is 0 Å². The number of hydrogen-bond acceptors (Lipinski definition) is 2. The lowest BCUT2D eigenvalue weighted by Crippen LogP contribution is -2.04. The molecule has 4 nitrogen and oxygen atoms in total. The van der Waals surface area contributed by atoms with Crippen LogP contribution in [-0.2, 0) is 9.36 Å². The first-order chi connectivity index (χ1) is 5.91. The van der Waals surface area contributed by atoms with Crippen LogP contribution in [-0.4, -0.2) is 15.3 Å². The van der Waals surface area contributed by atoms with Crippen LogP contribution in [0.15, 0.2) is 0 Å². The maximum atomic E-state index is 10.8. The quantitative estimate of drug-likeness (QED) is 0.654. The molecule has 2 N–H and O–H groups in total. The third-order valence-electron chi connectivity index (χ3n) is 2.25. The van der Waals surface area contributed by atoms with E-state index in [0.717, 1.165) is 12.8 Å². The molecular weight excluding hydrogens is 191 g/mol. The van der Waals surface area contributed by atoms with Crippen LogP contribution in [0.3, 0.4) is 0 Å². The van der Waals surface area contributed by atoms with E-state index in [1.807, 2.05) is 13.8 Å². The fourth-order valence-electron chi connectivity index (χ4n) is 1.17. The molecule has 0 saturated carbocycles. The van der Waals surface area contributed by atoms with Gasteiger partial charge in [-0.2, -0.15) is 0 Å². The minimum absolute atomic E-state index is 0.00335. The molecule has 0 aliphatic carbocycles. The second-order valence-electron chi connectivity index (χ2n) is 3.16. The Morgan fingerprint density at radius 3 is 2.08 bits per heavy atom. The number of carbonyl (C=O) groups is 1. The summed E-state index contributed by atoms with van der Waals surface area (Å²) in [5, 5.41) is 0. The van der Waals surface area contributed by atoms with Crippen LogP contribution in [0.1, 0.15) is 39.5 Å². The average Bonchev–Trinajstić information content (AvgIpc) is 2.04. The van der Waals surface area contributed by atoms with Gasteiger partial charge in [0, 0.05) is 6.42 Å². The molecule has 0 heterocycles. The highest BCUT2D eigenvalue weighted by atomic mass is 31.2. The van der Waals surface area contributed by atoms with E-state index in [9.17, 15) is 9.36 Å². The molecule has 78 valence electrons. The fraction of sp³-hybridized carbons (Fsp3) is 0.875. The summed E-state index contributed by atoms with van der Waals surface area (Å²) in [6.45, 7) is 4.02. The summed E-state index contributed by atoms with van der Waals surface area (Å²) in [6, 6.07) is 0. The monoisotopic (exact) mass is 208 g/mol. The summed E-state index contributed by atoms with van der Waals surface area (Å²) >= 11 is 0. The van der Waals surface area contributed by atoms with Gasteiger partial charge in [0.05, 0.1) is 0 Å². The van der Waals surface area contributed by atoms with Crippen molar-refractivity contribution in [1.29, 1.82) is 0 Å². The topological polar surface area (TPSA) is 74.6 Å². The molecule has 0 atom stereocenters. The zero-order chi connectivity index (χ0) is 10.5. The molecule has 0 spiro atoms. The van der Waals surface area contributed by atoms with E-state index in [1.165, 1.54) is 0 Å². The Morgan fingerprint density at radius 2 is 1.77 bits per heavy atom. The van der Waals surface area contributed by atoms with E-state index >= 15 is 0 Å². The maximum absolute atomic E-state index is 10.8. The Labute approximate surface area is 78.5 Å². The van der Waals surface area contributed by atoms with Gasteiger partial charge >= 0.3 is 7.60 Å². The Balaban J connectivity index is 3.89. The van der Waals surface area contributed by atoms with Crippen LogP contribution >= 0.6 is 7.60 Å². The van der Waals surface area contributed by atoms with Crippen LogP contribution in [0.5, 0.6) is 0 Å². The first-order valence-corrected chi connectivity index (χ1v) is 6.12. The first kappa shape index (κ1) is 12.8. The van der Waals surface area contributed by atoms with E-state index in [2.05, 4.69) is 0 Å². The second kappa shape index (κ2) is 5.53. The lowest BCUT2D eigenvalue weighted by molar-refractivity contribution is -0.113.